The summed E-state index contributed by atoms with van der Waals surface area (Å²) in [5.74, 6) is -0.470. The molecular weight excluding hydrogens is 232 g/mol. The number of esters is 1. The number of hydrogen-bond donors (Lipinski definition) is 1. The lowest BCUT2D eigenvalue weighted by molar-refractivity contribution is -0.142. The van der Waals surface area contributed by atoms with Crippen molar-refractivity contribution in [3.63, 3.8) is 0 Å². The first-order chi connectivity index (χ1) is 8.61. The second-order valence-corrected chi connectivity index (χ2v) is 4.17. The van der Waals surface area contributed by atoms with Crippen molar-refractivity contribution in [3.05, 3.63) is 23.8 Å². The molecule has 1 heterocycles. The third kappa shape index (κ3) is 2.45. The Morgan fingerprint density at radius 2 is 2.22 bits per heavy atom. The molecule has 1 aliphatic rings. The van der Waals surface area contributed by atoms with E-state index in [0.717, 1.165) is 11.3 Å². The molecule has 0 unspecified atom stereocenters. The number of rotatable bonds is 3. The number of nitrogen functional groups attached to an aromatic ring is 1. The number of ether oxygens (including phenoxy) is 1. The highest BCUT2D eigenvalue weighted by Crippen LogP contribution is 2.29. The Kier molecular flexibility index (Phi) is 3.50. The summed E-state index contributed by atoms with van der Waals surface area (Å²) in [7, 11) is 0. The van der Waals surface area contributed by atoms with Crippen LogP contribution in [-0.2, 0) is 20.7 Å². The van der Waals surface area contributed by atoms with E-state index in [1.54, 1.807) is 19.1 Å². The van der Waals surface area contributed by atoms with Crippen molar-refractivity contribution in [2.75, 3.05) is 23.8 Å². The van der Waals surface area contributed by atoms with Gasteiger partial charge in [-0.25, -0.2) is 0 Å². The van der Waals surface area contributed by atoms with E-state index in [4.69, 9.17) is 10.5 Å². The second kappa shape index (κ2) is 5.08. The normalized spacial score (nSPS) is 14.3. The summed E-state index contributed by atoms with van der Waals surface area (Å²) in [5.41, 5.74) is 8.06. The summed E-state index contributed by atoms with van der Waals surface area (Å²) >= 11 is 0. The van der Waals surface area contributed by atoms with Crippen LogP contribution in [-0.4, -0.2) is 25.0 Å². The predicted molar refractivity (Wildman–Crippen MR) is 68.2 cm³/mol. The van der Waals surface area contributed by atoms with E-state index in [1.807, 2.05) is 6.07 Å². The van der Waals surface area contributed by atoms with Crippen LogP contribution in [0, 0.1) is 0 Å². The summed E-state index contributed by atoms with van der Waals surface area (Å²) < 4.78 is 4.87. The zero-order chi connectivity index (χ0) is 13.1. The van der Waals surface area contributed by atoms with Gasteiger partial charge in [-0.2, -0.15) is 0 Å². The summed E-state index contributed by atoms with van der Waals surface area (Å²) in [6.45, 7) is 2.00. The Labute approximate surface area is 106 Å². The van der Waals surface area contributed by atoms with Gasteiger partial charge in [0.1, 0.15) is 6.54 Å². The Morgan fingerprint density at radius 3 is 2.94 bits per heavy atom. The minimum atomic E-state index is -0.402. The molecule has 0 saturated carbocycles. The maximum atomic E-state index is 11.9. The lowest BCUT2D eigenvalue weighted by Crippen LogP contribution is -2.39. The summed E-state index contributed by atoms with van der Waals surface area (Å²) in [5, 5.41) is 0. The zero-order valence-corrected chi connectivity index (χ0v) is 10.3. The van der Waals surface area contributed by atoms with Crippen molar-refractivity contribution in [3.8, 4) is 0 Å². The number of hydrogen-bond acceptors (Lipinski definition) is 4. The van der Waals surface area contributed by atoms with Gasteiger partial charge < -0.3 is 15.4 Å². The van der Waals surface area contributed by atoms with Crippen molar-refractivity contribution in [1.29, 1.82) is 0 Å². The molecule has 0 radical (unpaired) electrons. The fourth-order valence-electron chi connectivity index (χ4n) is 2.06. The average molecular weight is 248 g/mol. The maximum absolute atomic E-state index is 11.9. The van der Waals surface area contributed by atoms with Gasteiger partial charge in [-0.3, -0.25) is 9.59 Å². The fraction of sp³-hybridized carbons (Fsp3) is 0.385. The predicted octanol–water partition coefficient (Wildman–Crippen LogP) is 1.11. The van der Waals surface area contributed by atoms with Crippen molar-refractivity contribution >= 4 is 23.3 Å². The van der Waals surface area contributed by atoms with Gasteiger partial charge in [0.2, 0.25) is 5.91 Å². The van der Waals surface area contributed by atoms with E-state index in [-0.39, 0.29) is 12.5 Å². The van der Waals surface area contributed by atoms with E-state index in [1.165, 1.54) is 4.90 Å². The lowest BCUT2D eigenvalue weighted by atomic mass is 10.0. The van der Waals surface area contributed by atoms with Crippen molar-refractivity contribution in [1.82, 2.24) is 0 Å². The van der Waals surface area contributed by atoms with Crippen LogP contribution >= 0.6 is 0 Å². The first-order valence-corrected chi connectivity index (χ1v) is 5.96. The van der Waals surface area contributed by atoms with Crippen LogP contribution in [0.15, 0.2) is 18.2 Å². The fourth-order valence-corrected chi connectivity index (χ4v) is 2.06. The van der Waals surface area contributed by atoms with E-state index in [0.29, 0.717) is 25.1 Å². The molecule has 5 heteroatoms. The van der Waals surface area contributed by atoms with Crippen molar-refractivity contribution in [2.45, 2.75) is 19.8 Å². The van der Waals surface area contributed by atoms with Crippen LogP contribution < -0.4 is 10.6 Å². The Balaban J connectivity index is 2.27. The van der Waals surface area contributed by atoms with Crippen LogP contribution in [0.25, 0.3) is 0 Å². The van der Waals surface area contributed by atoms with Gasteiger partial charge in [0.05, 0.1) is 6.61 Å². The molecule has 0 aliphatic carbocycles. The number of nitrogens with zero attached hydrogens (tertiary/aromatic N) is 1. The van der Waals surface area contributed by atoms with Crippen molar-refractivity contribution in [2.24, 2.45) is 0 Å². The highest BCUT2D eigenvalue weighted by molar-refractivity contribution is 6.00. The molecule has 0 fully saturated rings. The Hall–Kier alpha value is -2.04. The highest BCUT2D eigenvalue weighted by Gasteiger charge is 2.26. The van der Waals surface area contributed by atoms with Crippen LogP contribution in [0.1, 0.15) is 18.9 Å². The number of aryl methyl sites for hydroxylation is 1. The maximum Gasteiger partial charge on any atom is 0.326 e. The number of nitrogens with two attached hydrogens (primary N) is 1. The quantitative estimate of drug-likeness (QED) is 0.642. The third-order valence-corrected chi connectivity index (χ3v) is 2.90. The summed E-state index contributed by atoms with van der Waals surface area (Å²) in [4.78, 5) is 24.8. The van der Waals surface area contributed by atoms with Gasteiger partial charge in [-0.15, -0.1) is 0 Å². The topological polar surface area (TPSA) is 72.6 Å². The largest absolute Gasteiger partial charge is 0.465 e. The SMILES string of the molecule is CCOC(=O)CN1C(=O)CCc2ccc(N)cc21. The van der Waals surface area contributed by atoms with Gasteiger partial charge in [-0.1, -0.05) is 6.07 Å². The summed E-state index contributed by atoms with van der Waals surface area (Å²) in [6, 6.07) is 5.43. The van der Waals surface area contributed by atoms with E-state index < -0.39 is 5.97 Å². The molecule has 1 amide bonds. The zero-order valence-electron chi connectivity index (χ0n) is 10.3. The molecule has 0 atom stereocenters. The number of amides is 1. The smallest absolute Gasteiger partial charge is 0.326 e. The average Bonchev–Trinajstić information content (AvgIpc) is 2.33. The standard InChI is InChI=1S/C13H16N2O3/c1-2-18-13(17)8-15-11-7-10(14)5-3-9(11)4-6-12(15)16/h3,5,7H,2,4,6,8,14H2,1H3. The molecule has 0 bridgehead atoms. The molecule has 2 N–H and O–H groups in total. The summed E-state index contributed by atoms with van der Waals surface area (Å²) in [6.07, 6.45) is 1.10. The minimum absolute atomic E-state index is 0.0525. The Morgan fingerprint density at radius 1 is 1.44 bits per heavy atom. The lowest BCUT2D eigenvalue weighted by Gasteiger charge is -2.28. The van der Waals surface area contributed by atoms with Crippen molar-refractivity contribution < 1.29 is 14.3 Å². The van der Waals surface area contributed by atoms with Gasteiger partial charge in [-0.05, 0) is 31.0 Å². The van der Waals surface area contributed by atoms with Gasteiger partial charge in [0.15, 0.2) is 0 Å². The molecular formula is C13H16N2O3. The van der Waals surface area contributed by atoms with E-state index in [9.17, 15) is 9.59 Å². The van der Waals surface area contributed by atoms with Gasteiger partial charge in [0.25, 0.3) is 0 Å². The van der Waals surface area contributed by atoms with Gasteiger partial charge in [0, 0.05) is 17.8 Å². The second-order valence-electron chi connectivity index (χ2n) is 4.17. The Bertz CT molecular complexity index is 485. The molecule has 1 aromatic rings. The van der Waals surface area contributed by atoms with E-state index >= 15 is 0 Å². The van der Waals surface area contributed by atoms with Crippen LogP contribution in [0.3, 0.4) is 0 Å². The third-order valence-electron chi connectivity index (χ3n) is 2.90. The number of carbonyl (C=O) groups is 2. The number of fused-ring (bicyclic) bond motifs is 1. The molecule has 0 saturated heterocycles. The molecule has 96 valence electrons. The number of carbonyl (C=O) groups excluding carboxylic acids is 2. The van der Waals surface area contributed by atoms with Crippen LogP contribution in [0.2, 0.25) is 0 Å². The van der Waals surface area contributed by atoms with Crippen LogP contribution in [0.4, 0.5) is 11.4 Å². The number of benzene rings is 1. The number of anilines is 2. The molecule has 2 rings (SSSR count). The highest BCUT2D eigenvalue weighted by atomic mass is 16.5. The van der Waals surface area contributed by atoms with Crippen LogP contribution in [0.5, 0.6) is 0 Å². The first-order valence-electron chi connectivity index (χ1n) is 5.96. The molecule has 1 aliphatic heterocycles. The minimum Gasteiger partial charge on any atom is -0.465 e. The molecule has 5 nitrogen and oxygen atoms in total. The first kappa shape index (κ1) is 12.4. The molecule has 1 aromatic carbocycles. The van der Waals surface area contributed by atoms with E-state index in [2.05, 4.69) is 0 Å². The van der Waals surface area contributed by atoms with Gasteiger partial charge >= 0.3 is 5.97 Å². The molecule has 18 heavy (non-hydrogen) atoms. The molecule has 0 aromatic heterocycles. The monoisotopic (exact) mass is 248 g/mol. The molecule has 0 spiro atoms.